The molecule has 1 fully saturated rings. The molecular weight excluding hydrogens is 182 g/mol. The molecule has 0 saturated heterocycles. The molecule has 0 amide bonds. The molecule has 1 aromatic rings. The van der Waals surface area contributed by atoms with Crippen LogP contribution >= 0.6 is 0 Å². The molecule has 1 saturated carbocycles. The molecule has 82 valence electrons. The van der Waals surface area contributed by atoms with Crippen LogP contribution in [0.25, 0.3) is 0 Å². The van der Waals surface area contributed by atoms with Crippen LogP contribution in [0.1, 0.15) is 49.7 Å². The first kappa shape index (κ1) is 10.5. The van der Waals surface area contributed by atoms with E-state index < -0.39 is 0 Å². The summed E-state index contributed by atoms with van der Waals surface area (Å²) in [7, 11) is 0. The van der Waals surface area contributed by atoms with Crippen molar-refractivity contribution in [1.82, 2.24) is 0 Å². The van der Waals surface area contributed by atoms with Crippen LogP contribution in [0.15, 0.2) is 18.2 Å². The molecular formula is C14H21N. The molecule has 2 rings (SSSR count). The lowest BCUT2D eigenvalue weighted by atomic mass is 9.76. The highest BCUT2D eigenvalue weighted by Crippen LogP contribution is 2.38. The Labute approximate surface area is 92.7 Å². The predicted octanol–water partition coefficient (Wildman–Crippen LogP) is 3.87. The first-order chi connectivity index (χ1) is 7.16. The summed E-state index contributed by atoms with van der Waals surface area (Å²) in [5, 5.41) is 0. The Bertz CT molecular complexity index is 323. The van der Waals surface area contributed by atoms with Gasteiger partial charge in [0.1, 0.15) is 0 Å². The van der Waals surface area contributed by atoms with Gasteiger partial charge in [0.15, 0.2) is 0 Å². The maximum absolute atomic E-state index is 5.91. The van der Waals surface area contributed by atoms with Gasteiger partial charge in [0.05, 0.1) is 0 Å². The summed E-state index contributed by atoms with van der Waals surface area (Å²) in [4.78, 5) is 0. The number of hydrogen-bond acceptors (Lipinski definition) is 1. The number of rotatable bonds is 1. The van der Waals surface area contributed by atoms with Crippen LogP contribution in [0.5, 0.6) is 0 Å². The number of hydrogen-bond donors (Lipinski definition) is 1. The molecule has 2 atom stereocenters. The Kier molecular flexibility index (Phi) is 2.99. The summed E-state index contributed by atoms with van der Waals surface area (Å²) < 4.78 is 0. The normalized spacial score (nSPS) is 26.5. The largest absolute Gasteiger partial charge is 0.399 e. The Morgan fingerprint density at radius 2 is 1.87 bits per heavy atom. The van der Waals surface area contributed by atoms with E-state index in [0.29, 0.717) is 0 Å². The molecule has 0 heterocycles. The van der Waals surface area contributed by atoms with Crippen molar-refractivity contribution in [1.29, 1.82) is 0 Å². The van der Waals surface area contributed by atoms with Crippen molar-refractivity contribution in [3.05, 3.63) is 29.3 Å². The van der Waals surface area contributed by atoms with Gasteiger partial charge < -0.3 is 5.73 Å². The van der Waals surface area contributed by atoms with E-state index in [1.807, 2.05) is 0 Å². The van der Waals surface area contributed by atoms with E-state index in [9.17, 15) is 0 Å². The molecule has 1 aliphatic carbocycles. The maximum Gasteiger partial charge on any atom is 0.0319 e. The van der Waals surface area contributed by atoms with E-state index in [2.05, 4.69) is 32.0 Å². The van der Waals surface area contributed by atoms with E-state index in [-0.39, 0.29) is 0 Å². The molecule has 2 N–H and O–H groups in total. The molecule has 0 unspecified atom stereocenters. The third-order valence-corrected chi connectivity index (χ3v) is 3.66. The van der Waals surface area contributed by atoms with Crippen LogP contribution in [-0.2, 0) is 0 Å². The molecule has 15 heavy (non-hydrogen) atoms. The third kappa shape index (κ3) is 2.34. The molecule has 0 aromatic heterocycles. The third-order valence-electron chi connectivity index (χ3n) is 3.66. The Morgan fingerprint density at radius 1 is 1.13 bits per heavy atom. The van der Waals surface area contributed by atoms with Crippen LogP contribution < -0.4 is 5.73 Å². The van der Waals surface area contributed by atoms with Gasteiger partial charge in [0, 0.05) is 5.69 Å². The fourth-order valence-electron chi connectivity index (χ4n) is 2.87. The first-order valence-electron chi connectivity index (χ1n) is 6.04. The van der Waals surface area contributed by atoms with Gasteiger partial charge in [-0.2, -0.15) is 0 Å². The van der Waals surface area contributed by atoms with Gasteiger partial charge in [-0.1, -0.05) is 32.3 Å². The molecule has 1 aliphatic rings. The second-order valence-corrected chi connectivity index (χ2v) is 5.05. The minimum atomic E-state index is 0.737. The minimum Gasteiger partial charge on any atom is -0.399 e. The number of anilines is 1. The van der Waals surface area contributed by atoms with E-state index in [0.717, 1.165) is 17.5 Å². The van der Waals surface area contributed by atoms with Gasteiger partial charge in [-0.25, -0.2) is 0 Å². The summed E-state index contributed by atoms with van der Waals surface area (Å²) in [5.74, 6) is 1.56. The Balaban J connectivity index is 2.27. The SMILES string of the molecule is Cc1cc(N)cc([C@@H]2CCCC[C@H]2C)c1. The van der Waals surface area contributed by atoms with E-state index in [4.69, 9.17) is 5.73 Å². The zero-order valence-electron chi connectivity index (χ0n) is 9.79. The Hall–Kier alpha value is -0.980. The predicted molar refractivity (Wildman–Crippen MR) is 66.0 cm³/mol. The lowest BCUT2D eigenvalue weighted by Gasteiger charge is -2.29. The van der Waals surface area contributed by atoms with Crippen molar-refractivity contribution in [3.63, 3.8) is 0 Å². The zero-order chi connectivity index (χ0) is 10.8. The number of aryl methyl sites for hydroxylation is 1. The topological polar surface area (TPSA) is 26.0 Å². The summed E-state index contributed by atoms with van der Waals surface area (Å²) >= 11 is 0. The van der Waals surface area contributed by atoms with Gasteiger partial charge >= 0.3 is 0 Å². The van der Waals surface area contributed by atoms with Crippen LogP contribution in [0, 0.1) is 12.8 Å². The molecule has 1 heteroatoms. The fraction of sp³-hybridized carbons (Fsp3) is 0.571. The summed E-state index contributed by atoms with van der Waals surface area (Å²) in [6.45, 7) is 4.51. The molecule has 0 aliphatic heterocycles. The van der Waals surface area contributed by atoms with Crippen LogP contribution in [0.2, 0.25) is 0 Å². The van der Waals surface area contributed by atoms with Crippen molar-refractivity contribution in [3.8, 4) is 0 Å². The second kappa shape index (κ2) is 4.26. The summed E-state index contributed by atoms with van der Waals surface area (Å²) in [5.41, 5.74) is 9.58. The Morgan fingerprint density at radius 3 is 2.53 bits per heavy atom. The first-order valence-corrected chi connectivity index (χ1v) is 6.04. The van der Waals surface area contributed by atoms with E-state index in [1.54, 1.807) is 0 Å². The number of nitrogens with two attached hydrogens (primary N) is 1. The van der Waals surface area contributed by atoms with Crippen molar-refractivity contribution >= 4 is 5.69 Å². The lowest BCUT2D eigenvalue weighted by molar-refractivity contribution is 0.330. The highest BCUT2D eigenvalue weighted by atomic mass is 14.5. The minimum absolute atomic E-state index is 0.737. The van der Waals surface area contributed by atoms with Gasteiger partial charge in [-0.15, -0.1) is 0 Å². The van der Waals surface area contributed by atoms with Crippen LogP contribution in [0.3, 0.4) is 0 Å². The quantitative estimate of drug-likeness (QED) is 0.689. The zero-order valence-corrected chi connectivity index (χ0v) is 9.79. The van der Waals surface area contributed by atoms with Crippen LogP contribution in [0.4, 0.5) is 5.69 Å². The second-order valence-electron chi connectivity index (χ2n) is 5.05. The summed E-state index contributed by atoms with van der Waals surface area (Å²) in [6, 6.07) is 6.53. The average molecular weight is 203 g/mol. The highest BCUT2D eigenvalue weighted by molar-refractivity contribution is 5.45. The average Bonchev–Trinajstić information content (AvgIpc) is 2.16. The van der Waals surface area contributed by atoms with E-state index in [1.165, 1.54) is 36.8 Å². The molecule has 0 radical (unpaired) electrons. The molecule has 0 spiro atoms. The lowest BCUT2D eigenvalue weighted by Crippen LogP contribution is -2.15. The van der Waals surface area contributed by atoms with E-state index >= 15 is 0 Å². The monoisotopic (exact) mass is 203 g/mol. The molecule has 1 nitrogen and oxygen atoms in total. The maximum atomic E-state index is 5.91. The molecule has 1 aromatic carbocycles. The standard InChI is InChI=1S/C14H21N/c1-10-7-12(9-13(15)8-10)14-6-4-3-5-11(14)2/h7-9,11,14H,3-6,15H2,1-2H3/t11-,14-/m1/s1. The van der Waals surface area contributed by atoms with Gasteiger partial charge in [0.2, 0.25) is 0 Å². The fourth-order valence-corrected chi connectivity index (χ4v) is 2.87. The van der Waals surface area contributed by atoms with Gasteiger partial charge in [-0.3, -0.25) is 0 Å². The van der Waals surface area contributed by atoms with Crippen molar-refractivity contribution < 1.29 is 0 Å². The van der Waals surface area contributed by atoms with Crippen molar-refractivity contribution in [2.75, 3.05) is 5.73 Å². The highest BCUT2D eigenvalue weighted by Gasteiger charge is 2.22. The van der Waals surface area contributed by atoms with Gasteiger partial charge in [-0.05, 0) is 48.4 Å². The van der Waals surface area contributed by atoms with Gasteiger partial charge in [0.25, 0.3) is 0 Å². The van der Waals surface area contributed by atoms with Crippen LogP contribution in [-0.4, -0.2) is 0 Å². The van der Waals surface area contributed by atoms with Crippen molar-refractivity contribution in [2.24, 2.45) is 5.92 Å². The molecule has 0 bridgehead atoms. The smallest absolute Gasteiger partial charge is 0.0319 e. The number of nitrogen functional groups attached to an aromatic ring is 1. The number of benzene rings is 1. The summed E-state index contributed by atoms with van der Waals surface area (Å²) in [6.07, 6.45) is 5.49. The van der Waals surface area contributed by atoms with Crippen molar-refractivity contribution in [2.45, 2.75) is 45.4 Å².